The Bertz CT molecular complexity index is 1120. The van der Waals surface area contributed by atoms with Crippen LogP contribution in [0.4, 0.5) is 26.2 Å². The lowest BCUT2D eigenvalue weighted by molar-refractivity contribution is 0.136. The van der Waals surface area contributed by atoms with Crippen molar-refractivity contribution >= 4 is 34.1 Å². The van der Waals surface area contributed by atoms with Gasteiger partial charge in [0.2, 0.25) is 0 Å². The van der Waals surface area contributed by atoms with E-state index < -0.39 is 28.9 Å². The Kier molecular flexibility index (Phi) is 5.96. The van der Waals surface area contributed by atoms with E-state index in [9.17, 15) is 23.4 Å². The summed E-state index contributed by atoms with van der Waals surface area (Å²) < 4.78 is 39.7. The van der Waals surface area contributed by atoms with Crippen LogP contribution in [0.5, 0.6) is 0 Å². The van der Waals surface area contributed by atoms with Crippen molar-refractivity contribution < 1.29 is 23.4 Å². The van der Waals surface area contributed by atoms with Gasteiger partial charge in [0.15, 0.2) is 0 Å². The van der Waals surface area contributed by atoms with Gasteiger partial charge in [0.1, 0.15) is 11.5 Å². The predicted octanol–water partition coefficient (Wildman–Crippen LogP) is 6.11. The van der Waals surface area contributed by atoms with E-state index in [1.54, 1.807) is 30.3 Å². The highest BCUT2D eigenvalue weighted by atomic mass is 32.3. The Balaban J connectivity index is 1.69. The monoisotopic (exact) mass is 457 g/mol. The van der Waals surface area contributed by atoms with Crippen molar-refractivity contribution in [1.29, 1.82) is 0 Å². The number of halogens is 1. The zero-order valence-electron chi connectivity index (χ0n) is 17.4. The first kappa shape index (κ1) is 21.9. The van der Waals surface area contributed by atoms with Gasteiger partial charge in [-0.1, -0.05) is 54.6 Å². The molecule has 0 radical (unpaired) electrons. The van der Waals surface area contributed by atoms with Crippen LogP contribution in [-0.2, 0) is 0 Å². The van der Waals surface area contributed by atoms with Gasteiger partial charge in [0.25, 0.3) is 0 Å². The third-order valence-corrected chi connectivity index (χ3v) is 7.39. The van der Waals surface area contributed by atoms with Gasteiger partial charge in [0.05, 0.1) is 17.4 Å². The molecule has 1 heterocycles. The summed E-state index contributed by atoms with van der Waals surface area (Å²) in [4.78, 5) is 12.9. The average Bonchev–Trinajstić information content (AvgIpc) is 3.01. The second kappa shape index (κ2) is 8.70. The number of benzene rings is 3. The van der Waals surface area contributed by atoms with E-state index >= 15 is 0 Å². The second-order valence-electron chi connectivity index (χ2n) is 7.44. The van der Waals surface area contributed by atoms with Gasteiger partial charge < -0.3 is 10.0 Å². The molecule has 1 atom stereocenters. The largest absolute Gasteiger partial charge is 0.465 e. The van der Waals surface area contributed by atoms with Crippen molar-refractivity contribution in [2.45, 2.75) is 12.5 Å². The maximum atomic E-state index is 14.6. The van der Waals surface area contributed by atoms with Crippen LogP contribution in [0.3, 0.4) is 0 Å². The van der Waals surface area contributed by atoms with Gasteiger partial charge in [-0.3, -0.25) is 13.4 Å². The first-order chi connectivity index (χ1) is 15.3. The van der Waals surface area contributed by atoms with Gasteiger partial charge >= 0.3 is 6.09 Å². The van der Waals surface area contributed by atoms with Gasteiger partial charge in [0, 0.05) is 13.6 Å². The number of rotatable bonds is 6. The molecule has 0 saturated carbocycles. The highest BCUT2D eigenvalue weighted by molar-refractivity contribution is 8.27. The third-order valence-electron chi connectivity index (χ3n) is 5.54. The Hall–Kier alpha value is -3.27. The number of hydrogen-bond donors (Lipinski definition) is 3. The molecule has 0 spiro atoms. The van der Waals surface area contributed by atoms with Crippen LogP contribution in [0.2, 0.25) is 0 Å². The summed E-state index contributed by atoms with van der Waals surface area (Å²) in [5.74, 6) is -0.572. The van der Waals surface area contributed by atoms with Crippen LogP contribution >= 0.6 is 11.0 Å². The van der Waals surface area contributed by atoms with Crippen molar-refractivity contribution in [2.24, 2.45) is 0 Å². The van der Waals surface area contributed by atoms with E-state index in [2.05, 4.69) is 0 Å². The van der Waals surface area contributed by atoms with Crippen molar-refractivity contribution in [1.82, 2.24) is 4.90 Å². The van der Waals surface area contributed by atoms with Crippen molar-refractivity contribution in [3.63, 3.8) is 0 Å². The van der Waals surface area contributed by atoms with Crippen LogP contribution < -0.4 is 8.61 Å². The number of hydrogen-bond acceptors (Lipinski definition) is 5. The normalized spacial score (nSPS) is 16.4. The maximum absolute atomic E-state index is 14.6. The quantitative estimate of drug-likeness (QED) is 0.414. The summed E-state index contributed by atoms with van der Waals surface area (Å²) >= 11 is 0. The molecule has 1 aliphatic rings. The average molecular weight is 458 g/mol. The van der Waals surface area contributed by atoms with Crippen LogP contribution in [0.15, 0.2) is 78.9 Å². The topological polar surface area (TPSA) is 87.5 Å². The lowest BCUT2D eigenvalue weighted by Crippen LogP contribution is -2.36. The summed E-state index contributed by atoms with van der Waals surface area (Å²) in [5, 5.41) is 9.56. The smallest absolute Gasteiger partial charge is 0.407 e. The maximum Gasteiger partial charge on any atom is 0.407 e. The van der Waals surface area contributed by atoms with E-state index in [0.717, 1.165) is 5.56 Å². The second-order valence-corrected chi connectivity index (χ2v) is 9.22. The van der Waals surface area contributed by atoms with Crippen LogP contribution in [0, 0.1) is 5.82 Å². The minimum atomic E-state index is -3.63. The van der Waals surface area contributed by atoms with Crippen molar-refractivity contribution in [2.75, 3.05) is 22.2 Å². The van der Waals surface area contributed by atoms with Gasteiger partial charge in [-0.2, -0.15) is 0 Å². The molecule has 1 aliphatic heterocycles. The Labute approximate surface area is 187 Å². The molecule has 3 aromatic rings. The highest BCUT2D eigenvalue weighted by Gasteiger charge is 2.42. The summed E-state index contributed by atoms with van der Waals surface area (Å²) in [5.41, 5.74) is 1.87. The molecule has 0 aromatic heterocycles. The number of fused-ring (bicyclic) bond motifs is 1. The number of carboxylic acid groups (broad SMARTS) is 1. The molecule has 9 heteroatoms. The van der Waals surface area contributed by atoms with Crippen LogP contribution in [0.1, 0.15) is 18.0 Å². The van der Waals surface area contributed by atoms with Gasteiger partial charge in [-0.15, -0.1) is 0 Å². The molecule has 0 aliphatic carbocycles. The molecular formula is C23H24FN3O4S. The fraction of sp³-hybridized carbons (Fsp3) is 0.174. The number of nitrogens with zero attached hydrogens (tertiary/aromatic N) is 3. The Morgan fingerprint density at radius 1 is 0.938 bits per heavy atom. The lowest BCUT2D eigenvalue weighted by Gasteiger charge is -2.44. The summed E-state index contributed by atoms with van der Waals surface area (Å²) in [7, 11) is -2.14. The SMILES string of the molecule is CN(C(=O)O)C(CCN1c2ccccc2N(c2ccccc2F)S1(O)O)c1ccccc1. The molecular weight excluding hydrogens is 433 g/mol. The molecule has 3 N–H and O–H groups in total. The van der Waals surface area contributed by atoms with E-state index in [4.69, 9.17) is 0 Å². The molecule has 0 saturated heterocycles. The minimum Gasteiger partial charge on any atom is -0.465 e. The zero-order valence-corrected chi connectivity index (χ0v) is 18.2. The minimum absolute atomic E-state index is 0.0599. The standard InChI is InChI=1S/C23H24FN3O4S/c1-25(23(28)29)19(17-9-3-2-4-10-17)15-16-26-21-13-7-8-14-22(21)27(32(26,30)31)20-12-6-5-11-18(20)24/h2-14,19,30-31H,15-16H2,1H3,(H,28,29). The van der Waals surface area contributed by atoms with Crippen molar-refractivity contribution in [3.8, 4) is 0 Å². The summed E-state index contributed by atoms with van der Waals surface area (Å²) in [6, 6.07) is 21.6. The van der Waals surface area contributed by atoms with E-state index in [-0.39, 0.29) is 12.2 Å². The number of amides is 1. The summed E-state index contributed by atoms with van der Waals surface area (Å²) in [6.07, 6.45) is -0.789. The lowest BCUT2D eigenvalue weighted by atomic mass is 10.0. The van der Waals surface area contributed by atoms with E-state index in [1.165, 1.54) is 38.8 Å². The first-order valence-corrected chi connectivity index (χ1v) is 11.5. The number of anilines is 3. The number of carbonyl (C=O) groups is 1. The van der Waals surface area contributed by atoms with Crippen molar-refractivity contribution in [3.05, 3.63) is 90.2 Å². The van der Waals surface area contributed by atoms with Gasteiger partial charge in [-0.05, 0) is 47.2 Å². The third kappa shape index (κ3) is 3.86. The zero-order chi connectivity index (χ0) is 22.9. The molecule has 1 unspecified atom stereocenters. The molecule has 168 valence electrons. The molecule has 32 heavy (non-hydrogen) atoms. The summed E-state index contributed by atoms with van der Waals surface area (Å²) in [6.45, 7) is 0.140. The van der Waals surface area contributed by atoms with Crippen LogP contribution in [-0.4, -0.2) is 38.8 Å². The molecule has 0 bridgehead atoms. The molecule has 7 nitrogen and oxygen atoms in total. The highest BCUT2D eigenvalue weighted by Crippen LogP contribution is 2.64. The Morgan fingerprint density at radius 2 is 1.50 bits per heavy atom. The Morgan fingerprint density at radius 3 is 2.12 bits per heavy atom. The molecule has 4 rings (SSSR count). The van der Waals surface area contributed by atoms with E-state index in [1.807, 2.05) is 30.3 Å². The predicted molar refractivity (Wildman–Crippen MR) is 125 cm³/mol. The van der Waals surface area contributed by atoms with Crippen LogP contribution in [0.25, 0.3) is 0 Å². The van der Waals surface area contributed by atoms with E-state index in [0.29, 0.717) is 17.8 Å². The fourth-order valence-corrected chi connectivity index (χ4v) is 5.76. The first-order valence-electron chi connectivity index (χ1n) is 10.0. The molecule has 3 aromatic carbocycles. The number of para-hydroxylation sites is 3. The molecule has 0 fully saturated rings. The van der Waals surface area contributed by atoms with Gasteiger partial charge in [-0.25, -0.2) is 13.5 Å². The molecule has 1 amide bonds. The fourth-order valence-electron chi connectivity index (χ4n) is 3.96.